The van der Waals surface area contributed by atoms with Gasteiger partial charge in [0.2, 0.25) is 10.0 Å². The van der Waals surface area contributed by atoms with Gasteiger partial charge in [-0.2, -0.15) is 0 Å². The summed E-state index contributed by atoms with van der Waals surface area (Å²) in [6, 6.07) is 10.5. The number of aliphatic hydroxyl groups excluding tert-OH is 1. The molecule has 0 amide bonds. The monoisotopic (exact) mass is 366 g/mol. The first-order chi connectivity index (χ1) is 11.1. The third-order valence-corrected chi connectivity index (χ3v) is 6.59. The Morgan fingerprint density at radius 1 is 1.17 bits per heavy atom. The van der Waals surface area contributed by atoms with E-state index in [-0.39, 0.29) is 11.4 Å². The number of rotatable bonds is 6. The maximum atomic E-state index is 12.1. The van der Waals surface area contributed by atoms with Crippen molar-refractivity contribution in [2.75, 3.05) is 0 Å². The average molecular weight is 366 g/mol. The number of sulfonamides is 1. The van der Waals surface area contributed by atoms with Gasteiger partial charge >= 0.3 is 0 Å². The van der Waals surface area contributed by atoms with Crippen LogP contribution < -0.4 is 4.72 Å². The summed E-state index contributed by atoms with van der Waals surface area (Å²) < 4.78 is 26.8. The number of thiophene rings is 2. The molecule has 0 aliphatic rings. The van der Waals surface area contributed by atoms with Crippen molar-refractivity contribution in [1.82, 2.24) is 9.71 Å². The van der Waals surface area contributed by atoms with Crippen LogP contribution in [0.3, 0.4) is 0 Å². The van der Waals surface area contributed by atoms with Crippen LogP contribution in [0.1, 0.15) is 20.7 Å². The Kier molecular flexibility index (Phi) is 4.88. The second-order valence-electron chi connectivity index (χ2n) is 4.74. The molecular formula is C15H14N2O3S3. The van der Waals surface area contributed by atoms with Crippen LogP contribution >= 0.6 is 22.7 Å². The topological polar surface area (TPSA) is 79.3 Å². The van der Waals surface area contributed by atoms with Crippen LogP contribution in [0, 0.1) is 0 Å². The van der Waals surface area contributed by atoms with Gasteiger partial charge in [0.05, 0.1) is 0 Å². The minimum atomic E-state index is -3.58. The van der Waals surface area contributed by atoms with Crippen LogP contribution in [-0.2, 0) is 16.6 Å². The molecule has 0 saturated heterocycles. The van der Waals surface area contributed by atoms with Gasteiger partial charge in [-0.25, -0.2) is 13.1 Å². The van der Waals surface area contributed by atoms with E-state index in [1.807, 2.05) is 29.6 Å². The van der Waals surface area contributed by atoms with Gasteiger partial charge in [0.15, 0.2) is 0 Å². The quantitative estimate of drug-likeness (QED) is 0.703. The van der Waals surface area contributed by atoms with Crippen molar-refractivity contribution in [3.05, 3.63) is 68.8 Å². The van der Waals surface area contributed by atoms with Crippen molar-refractivity contribution in [2.24, 2.45) is 0 Å². The van der Waals surface area contributed by atoms with Crippen LogP contribution in [0.15, 0.2) is 59.1 Å². The predicted molar refractivity (Wildman–Crippen MR) is 91.0 cm³/mol. The zero-order valence-electron chi connectivity index (χ0n) is 11.9. The van der Waals surface area contributed by atoms with Gasteiger partial charge in [-0.05, 0) is 35.7 Å². The number of nitrogens with one attached hydrogen (secondary N) is 1. The summed E-state index contributed by atoms with van der Waals surface area (Å²) in [4.78, 5) is 6.45. The molecule has 0 spiro atoms. The molecule has 0 saturated carbocycles. The third-order valence-electron chi connectivity index (χ3n) is 3.15. The molecule has 0 radical (unpaired) electrons. The lowest BCUT2D eigenvalue weighted by Gasteiger charge is -2.06. The number of pyridine rings is 1. The van der Waals surface area contributed by atoms with Crippen LogP contribution in [0.25, 0.3) is 0 Å². The summed E-state index contributed by atoms with van der Waals surface area (Å²) in [5.74, 6) is 0. The molecule has 0 aliphatic carbocycles. The zero-order valence-corrected chi connectivity index (χ0v) is 14.4. The van der Waals surface area contributed by atoms with Crippen molar-refractivity contribution in [3.63, 3.8) is 0 Å². The fourth-order valence-electron chi connectivity index (χ4n) is 1.98. The van der Waals surface area contributed by atoms with E-state index in [0.717, 1.165) is 14.6 Å². The molecule has 1 atom stereocenters. The summed E-state index contributed by atoms with van der Waals surface area (Å²) in [6.45, 7) is 0.180. The Morgan fingerprint density at radius 2 is 2.04 bits per heavy atom. The van der Waals surface area contributed by atoms with Crippen LogP contribution in [-0.4, -0.2) is 18.5 Å². The summed E-state index contributed by atoms with van der Waals surface area (Å²) in [6.07, 6.45) is 2.17. The highest BCUT2D eigenvalue weighted by molar-refractivity contribution is 7.89. The van der Waals surface area contributed by atoms with Crippen molar-refractivity contribution in [3.8, 4) is 0 Å². The van der Waals surface area contributed by atoms with Gasteiger partial charge in [-0.3, -0.25) is 4.98 Å². The molecular weight excluding hydrogens is 352 g/mol. The number of hydrogen-bond donors (Lipinski definition) is 2. The minimum absolute atomic E-state index is 0.135. The molecule has 0 aromatic carbocycles. The maximum absolute atomic E-state index is 12.1. The van der Waals surface area contributed by atoms with E-state index in [2.05, 4.69) is 9.71 Å². The fraction of sp³-hybridized carbons (Fsp3) is 0.133. The summed E-state index contributed by atoms with van der Waals surface area (Å²) >= 11 is 2.88. The molecule has 5 nitrogen and oxygen atoms in total. The number of aromatic nitrogens is 1. The van der Waals surface area contributed by atoms with Gasteiger partial charge in [-0.1, -0.05) is 6.07 Å². The van der Waals surface area contributed by atoms with Crippen LogP contribution in [0.2, 0.25) is 0 Å². The van der Waals surface area contributed by atoms with Gasteiger partial charge < -0.3 is 5.11 Å². The highest BCUT2D eigenvalue weighted by Crippen LogP contribution is 2.30. The molecule has 2 N–H and O–H groups in total. The Morgan fingerprint density at radius 3 is 2.74 bits per heavy atom. The zero-order chi connectivity index (χ0) is 16.3. The van der Waals surface area contributed by atoms with Gasteiger partial charge in [0, 0.05) is 33.6 Å². The third kappa shape index (κ3) is 3.85. The molecule has 3 aromatic heterocycles. The normalized spacial score (nSPS) is 13.1. The van der Waals surface area contributed by atoms with Crippen molar-refractivity contribution in [2.45, 2.75) is 17.5 Å². The van der Waals surface area contributed by atoms with Crippen molar-refractivity contribution >= 4 is 32.7 Å². The van der Waals surface area contributed by atoms with Crippen molar-refractivity contribution < 1.29 is 13.5 Å². The summed E-state index contributed by atoms with van der Waals surface area (Å²) in [5.41, 5.74) is 0. The lowest BCUT2D eigenvalue weighted by Crippen LogP contribution is -2.22. The SMILES string of the molecule is O=S(=O)(NCc1ccc(C(O)c2cccs2)s1)c1cccnc1. The predicted octanol–water partition coefficient (Wildman–Crippen LogP) is 2.76. The van der Waals surface area contributed by atoms with E-state index < -0.39 is 16.1 Å². The van der Waals surface area contributed by atoms with E-state index in [0.29, 0.717) is 0 Å². The molecule has 3 heterocycles. The standard InChI is InChI=1S/C15H14N2O3S3/c18-15(13-4-2-8-21-13)14-6-5-11(22-14)9-17-23(19,20)12-3-1-7-16-10-12/h1-8,10,15,17-18H,9H2. The Hall–Kier alpha value is -1.58. The lowest BCUT2D eigenvalue weighted by atomic mass is 10.2. The summed E-state index contributed by atoms with van der Waals surface area (Å²) in [7, 11) is -3.58. The Bertz CT molecular complexity index is 859. The molecule has 3 aromatic rings. The summed E-state index contributed by atoms with van der Waals surface area (Å²) in [5, 5.41) is 12.2. The van der Waals surface area contributed by atoms with E-state index >= 15 is 0 Å². The van der Waals surface area contributed by atoms with E-state index in [9.17, 15) is 13.5 Å². The molecule has 23 heavy (non-hydrogen) atoms. The second kappa shape index (κ2) is 6.90. The number of nitrogens with zero attached hydrogens (tertiary/aromatic N) is 1. The van der Waals surface area contributed by atoms with Crippen molar-refractivity contribution in [1.29, 1.82) is 0 Å². The molecule has 1 unspecified atom stereocenters. The van der Waals surface area contributed by atoms with Gasteiger partial charge in [0.25, 0.3) is 0 Å². The van der Waals surface area contributed by atoms with Gasteiger partial charge in [0.1, 0.15) is 11.0 Å². The highest BCUT2D eigenvalue weighted by Gasteiger charge is 2.16. The van der Waals surface area contributed by atoms with E-state index in [1.165, 1.54) is 41.1 Å². The molecule has 3 rings (SSSR count). The van der Waals surface area contributed by atoms with E-state index in [4.69, 9.17) is 0 Å². The number of hydrogen-bond acceptors (Lipinski definition) is 6. The largest absolute Gasteiger partial charge is 0.382 e. The number of aliphatic hydroxyl groups is 1. The minimum Gasteiger partial charge on any atom is -0.382 e. The average Bonchev–Trinajstić information content (AvgIpc) is 3.25. The Labute approximate surface area is 142 Å². The van der Waals surface area contributed by atoms with Gasteiger partial charge in [-0.15, -0.1) is 22.7 Å². The second-order valence-corrected chi connectivity index (χ2v) is 8.68. The van der Waals surface area contributed by atoms with Crippen LogP contribution in [0.5, 0.6) is 0 Å². The van der Waals surface area contributed by atoms with E-state index in [1.54, 1.807) is 6.07 Å². The molecule has 8 heteroatoms. The molecule has 0 aliphatic heterocycles. The molecule has 0 bridgehead atoms. The first kappa shape index (κ1) is 16.3. The lowest BCUT2D eigenvalue weighted by molar-refractivity contribution is 0.228. The highest BCUT2D eigenvalue weighted by atomic mass is 32.2. The Balaban J connectivity index is 1.68. The molecule has 0 fully saturated rings. The molecule has 120 valence electrons. The maximum Gasteiger partial charge on any atom is 0.242 e. The fourth-order valence-corrected chi connectivity index (χ4v) is 4.80. The smallest absolute Gasteiger partial charge is 0.242 e. The first-order valence-corrected chi connectivity index (χ1v) is 9.94. The first-order valence-electron chi connectivity index (χ1n) is 6.76. The van der Waals surface area contributed by atoms with Crippen LogP contribution in [0.4, 0.5) is 0 Å².